The Kier molecular flexibility index (Phi) is 5.92. The highest BCUT2D eigenvalue weighted by atomic mass is 32.2. The Balaban J connectivity index is 1.43. The van der Waals surface area contributed by atoms with Crippen molar-refractivity contribution < 1.29 is 29.3 Å². The molecule has 0 spiro atoms. The highest BCUT2D eigenvalue weighted by Crippen LogP contribution is 2.35. The first-order valence-electron chi connectivity index (χ1n) is 10.7. The molecular weight excluding hydrogens is 468 g/mol. The molecule has 0 fully saturated rings. The molecule has 2 aliphatic rings. The van der Waals surface area contributed by atoms with E-state index in [1.165, 1.54) is 23.1 Å². The minimum atomic E-state index is -0.371. The molecule has 0 aliphatic carbocycles. The monoisotopic (exact) mass is 488 g/mol. The Morgan fingerprint density at radius 2 is 1.80 bits per heavy atom. The lowest BCUT2D eigenvalue weighted by Crippen LogP contribution is -2.30. The standard InChI is InChI=1S/C26H20N2O6S/c1-15-2-6-18(7-3-15)28-25(32)19(10-16-4-9-23-24(11-16)34-14-33-23)27-26(28)35-13-22(31)17-5-8-20(29)21(30)12-17/h2-12,29-30H,13-14H2,1H3. The normalized spacial score (nSPS) is 15.6. The second kappa shape index (κ2) is 9.19. The van der Waals surface area contributed by atoms with Gasteiger partial charge in [-0.05, 0) is 61.0 Å². The third-order valence-electron chi connectivity index (χ3n) is 5.45. The van der Waals surface area contributed by atoms with Crippen LogP contribution in [0, 0.1) is 6.92 Å². The fourth-order valence-corrected chi connectivity index (χ4v) is 4.49. The van der Waals surface area contributed by atoms with E-state index in [2.05, 4.69) is 4.99 Å². The summed E-state index contributed by atoms with van der Waals surface area (Å²) in [6, 6.07) is 16.7. The largest absolute Gasteiger partial charge is 0.504 e. The second-order valence-electron chi connectivity index (χ2n) is 7.93. The van der Waals surface area contributed by atoms with Crippen molar-refractivity contribution in [3.05, 3.63) is 83.1 Å². The third-order valence-corrected chi connectivity index (χ3v) is 6.39. The Morgan fingerprint density at radius 3 is 2.57 bits per heavy atom. The summed E-state index contributed by atoms with van der Waals surface area (Å²) in [7, 11) is 0. The lowest BCUT2D eigenvalue weighted by Gasteiger charge is -2.18. The van der Waals surface area contributed by atoms with E-state index < -0.39 is 0 Å². The van der Waals surface area contributed by atoms with Gasteiger partial charge in [-0.25, -0.2) is 4.99 Å². The maximum absolute atomic E-state index is 13.4. The van der Waals surface area contributed by atoms with Crippen molar-refractivity contribution in [1.29, 1.82) is 0 Å². The highest BCUT2D eigenvalue weighted by molar-refractivity contribution is 8.14. The van der Waals surface area contributed by atoms with Crippen LogP contribution in [0.25, 0.3) is 6.08 Å². The molecule has 35 heavy (non-hydrogen) atoms. The van der Waals surface area contributed by atoms with Crippen molar-refractivity contribution in [2.24, 2.45) is 4.99 Å². The number of aryl methyl sites for hydroxylation is 1. The molecule has 0 atom stereocenters. The summed E-state index contributed by atoms with van der Waals surface area (Å²) in [4.78, 5) is 32.1. The molecule has 0 radical (unpaired) electrons. The number of hydrogen-bond acceptors (Lipinski definition) is 8. The summed E-state index contributed by atoms with van der Waals surface area (Å²) < 4.78 is 10.8. The number of phenols is 2. The Morgan fingerprint density at radius 1 is 1.03 bits per heavy atom. The fourth-order valence-electron chi connectivity index (χ4n) is 3.59. The zero-order chi connectivity index (χ0) is 24.5. The lowest BCUT2D eigenvalue weighted by molar-refractivity contribution is -0.113. The number of benzene rings is 3. The number of carbonyl (C=O) groups excluding carboxylic acids is 2. The fraction of sp³-hybridized carbons (Fsp3) is 0.115. The van der Waals surface area contributed by atoms with Gasteiger partial charge in [-0.3, -0.25) is 14.5 Å². The van der Waals surface area contributed by atoms with Crippen molar-refractivity contribution >= 4 is 40.4 Å². The summed E-state index contributed by atoms with van der Waals surface area (Å²) in [5, 5.41) is 19.6. The van der Waals surface area contributed by atoms with Crippen LogP contribution in [-0.2, 0) is 4.79 Å². The molecule has 0 bridgehead atoms. The summed E-state index contributed by atoms with van der Waals surface area (Å²) in [6.07, 6.45) is 1.67. The summed E-state index contributed by atoms with van der Waals surface area (Å²) in [6.45, 7) is 2.11. The van der Waals surface area contributed by atoms with Gasteiger partial charge in [0.15, 0.2) is 33.9 Å². The van der Waals surface area contributed by atoms with Gasteiger partial charge in [0.05, 0.1) is 11.4 Å². The van der Waals surface area contributed by atoms with Gasteiger partial charge in [0.25, 0.3) is 5.91 Å². The number of amidine groups is 1. The van der Waals surface area contributed by atoms with E-state index in [0.29, 0.717) is 22.4 Å². The predicted molar refractivity (Wildman–Crippen MR) is 133 cm³/mol. The van der Waals surface area contributed by atoms with Gasteiger partial charge in [-0.15, -0.1) is 0 Å². The van der Waals surface area contributed by atoms with E-state index in [1.54, 1.807) is 18.2 Å². The van der Waals surface area contributed by atoms with Crippen molar-refractivity contribution in [1.82, 2.24) is 0 Å². The molecule has 3 aromatic rings. The average Bonchev–Trinajstić information content (AvgIpc) is 3.44. The van der Waals surface area contributed by atoms with Gasteiger partial charge < -0.3 is 19.7 Å². The van der Waals surface area contributed by atoms with E-state index in [9.17, 15) is 19.8 Å². The van der Waals surface area contributed by atoms with Gasteiger partial charge in [0.2, 0.25) is 6.79 Å². The first-order chi connectivity index (χ1) is 16.9. The van der Waals surface area contributed by atoms with E-state index in [0.717, 1.165) is 22.9 Å². The third kappa shape index (κ3) is 4.58. The summed E-state index contributed by atoms with van der Waals surface area (Å²) >= 11 is 1.12. The van der Waals surface area contributed by atoms with Crippen LogP contribution in [0.3, 0.4) is 0 Å². The maximum atomic E-state index is 13.4. The molecule has 1 amide bonds. The molecule has 5 rings (SSSR count). The number of anilines is 1. The van der Waals surface area contributed by atoms with Crippen LogP contribution in [-0.4, -0.2) is 39.6 Å². The SMILES string of the molecule is Cc1ccc(N2C(=O)C(=Cc3ccc4c(c3)OCO4)N=C2SCC(=O)c2ccc(O)c(O)c2)cc1. The topological polar surface area (TPSA) is 109 Å². The minimum Gasteiger partial charge on any atom is -0.504 e. The Labute approximate surface area is 205 Å². The van der Waals surface area contributed by atoms with Gasteiger partial charge in [0, 0.05) is 5.56 Å². The number of nitrogens with zero attached hydrogens (tertiary/aromatic N) is 2. The summed E-state index contributed by atoms with van der Waals surface area (Å²) in [5.74, 6) is -0.0450. The van der Waals surface area contributed by atoms with Crippen LogP contribution in [0.4, 0.5) is 5.69 Å². The molecular formula is C26H20N2O6S. The number of ketones is 1. The molecule has 2 heterocycles. The Bertz CT molecular complexity index is 1400. The van der Waals surface area contributed by atoms with Crippen molar-refractivity contribution in [3.63, 3.8) is 0 Å². The zero-order valence-corrected chi connectivity index (χ0v) is 19.4. The summed E-state index contributed by atoms with van der Waals surface area (Å²) in [5.41, 5.74) is 2.88. The molecule has 3 aromatic carbocycles. The first kappa shape index (κ1) is 22.5. The number of hydrogen-bond donors (Lipinski definition) is 2. The molecule has 0 saturated heterocycles. The molecule has 2 aliphatic heterocycles. The highest BCUT2D eigenvalue weighted by Gasteiger charge is 2.32. The number of aromatic hydroxyl groups is 2. The number of phenolic OH excluding ortho intramolecular Hbond substituents is 2. The quantitative estimate of drug-likeness (QED) is 0.309. The number of carbonyl (C=O) groups is 2. The van der Waals surface area contributed by atoms with Crippen molar-refractivity contribution in [3.8, 4) is 23.0 Å². The molecule has 176 valence electrons. The first-order valence-corrected chi connectivity index (χ1v) is 11.7. The van der Waals surface area contributed by atoms with Gasteiger partial charge in [-0.2, -0.15) is 0 Å². The molecule has 9 heteroatoms. The molecule has 8 nitrogen and oxygen atoms in total. The number of aliphatic imine (C=N–C) groups is 1. The molecule has 2 N–H and O–H groups in total. The number of fused-ring (bicyclic) bond motifs is 1. The van der Waals surface area contributed by atoms with Gasteiger partial charge >= 0.3 is 0 Å². The van der Waals surface area contributed by atoms with Crippen LogP contribution < -0.4 is 14.4 Å². The number of rotatable bonds is 5. The van der Waals surface area contributed by atoms with E-state index >= 15 is 0 Å². The van der Waals surface area contributed by atoms with Crippen LogP contribution in [0.5, 0.6) is 23.0 Å². The number of thioether (sulfide) groups is 1. The van der Waals surface area contributed by atoms with Crippen molar-refractivity contribution in [2.45, 2.75) is 6.92 Å². The van der Waals surface area contributed by atoms with Crippen LogP contribution in [0.1, 0.15) is 21.5 Å². The minimum absolute atomic E-state index is 0.0179. The number of ether oxygens (including phenoxy) is 2. The lowest BCUT2D eigenvalue weighted by atomic mass is 10.1. The number of Topliss-reactive ketones (excluding diaryl/α,β-unsaturated/α-hetero) is 1. The van der Waals surface area contributed by atoms with Gasteiger partial charge in [0.1, 0.15) is 5.70 Å². The average molecular weight is 489 g/mol. The van der Waals surface area contributed by atoms with Crippen molar-refractivity contribution in [2.75, 3.05) is 17.4 Å². The van der Waals surface area contributed by atoms with E-state index in [-0.39, 0.29) is 47.0 Å². The van der Waals surface area contributed by atoms with Crippen LogP contribution >= 0.6 is 11.8 Å². The maximum Gasteiger partial charge on any atom is 0.283 e. The van der Waals surface area contributed by atoms with Crippen LogP contribution in [0.15, 0.2) is 71.4 Å². The van der Waals surface area contributed by atoms with Gasteiger partial charge in [-0.1, -0.05) is 35.5 Å². The van der Waals surface area contributed by atoms with E-state index in [4.69, 9.17) is 9.47 Å². The zero-order valence-electron chi connectivity index (χ0n) is 18.6. The molecule has 0 saturated carbocycles. The molecule has 0 unspecified atom stereocenters. The van der Waals surface area contributed by atoms with Crippen LogP contribution in [0.2, 0.25) is 0 Å². The number of amides is 1. The Hall–Kier alpha value is -4.24. The predicted octanol–water partition coefficient (Wildman–Crippen LogP) is 4.49. The second-order valence-corrected chi connectivity index (χ2v) is 8.87. The molecule has 0 aromatic heterocycles. The smallest absolute Gasteiger partial charge is 0.283 e. The van der Waals surface area contributed by atoms with E-state index in [1.807, 2.05) is 37.3 Å².